The van der Waals surface area contributed by atoms with E-state index in [1.807, 2.05) is 11.5 Å². The van der Waals surface area contributed by atoms with Gasteiger partial charge in [0.15, 0.2) is 0 Å². The largest absolute Gasteiger partial charge is 0.350 e. The van der Waals surface area contributed by atoms with Gasteiger partial charge in [-0.2, -0.15) is 0 Å². The minimum atomic E-state index is -0.115. The lowest BCUT2D eigenvalue weighted by Gasteiger charge is -2.25. The molecule has 2 unspecified atom stereocenters. The van der Waals surface area contributed by atoms with E-state index in [9.17, 15) is 4.79 Å². The van der Waals surface area contributed by atoms with Gasteiger partial charge >= 0.3 is 0 Å². The van der Waals surface area contributed by atoms with Crippen LogP contribution in [0, 0.1) is 11.8 Å². The average Bonchev–Trinajstić information content (AvgIpc) is 3.23. The van der Waals surface area contributed by atoms with Crippen LogP contribution in [0.2, 0.25) is 0 Å². The average molecular weight is 353 g/mol. The number of nitrogens with one attached hydrogen (secondary N) is 1. The van der Waals surface area contributed by atoms with Crippen LogP contribution < -0.4 is 5.32 Å². The zero-order chi connectivity index (χ0) is 18.1. The molecule has 1 saturated heterocycles. The second-order valence-corrected chi connectivity index (χ2v) is 7.50. The third-order valence-electron chi connectivity index (χ3n) is 5.72. The number of hydrogen-bond donors (Lipinski definition) is 1. The van der Waals surface area contributed by atoms with Crippen LogP contribution >= 0.6 is 0 Å². The molecule has 1 aromatic carbocycles. The number of nitrogens with zero attached hydrogens (tertiary/aromatic N) is 4. The van der Waals surface area contributed by atoms with Crippen LogP contribution in [0.1, 0.15) is 41.4 Å². The Morgan fingerprint density at radius 3 is 2.54 bits per heavy atom. The first-order chi connectivity index (χ1) is 12.7. The van der Waals surface area contributed by atoms with Crippen LogP contribution in [0.25, 0.3) is 0 Å². The molecular formula is C20H27N5O. The van der Waals surface area contributed by atoms with Crippen LogP contribution in [-0.4, -0.2) is 45.2 Å². The molecule has 0 radical (unpaired) electrons. The highest BCUT2D eigenvalue weighted by Gasteiger charge is 2.38. The van der Waals surface area contributed by atoms with E-state index in [1.54, 1.807) is 0 Å². The number of likely N-dealkylation sites (tertiary alicyclic amines) is 1. The Balaban J connectivity index is 1.43. The molecule has 2 aliphatic rings. The maximum atomic E-state index is 12.2. The lowest BCUT2D eigenvalue weighted by Crippen LogP contribution is -2.33. The summed E-state index contributed by atoms with van der Waals surface area (Å²) in [4.78, 5) is 14.7. The van der Waals surface area contributed by atoms with Gasteiger partial charge in [0.1, 0.15) is 5.82 Å². The quantitative estimate of drug-likeness (QED) is 0.892. The lowest BCUT2D eigenvalue weighted by atomic mass is 9.89. The first-order valence-corrected chi connectivity index (χ1v) is 9.68. The van der Waals surface area contributed by atoms with Crippen molar-refractivity contribution < 1.29 is 4.79 Å². The summed E-state index contributed by atoms with van der Waals surface area (Å²) in [6, 6.07) is 8.97. The number of amides is 1. The molecule has 1 N–H and O–H groups in total. The summed E-state index contributed by atoms with van der Waals surface area (Å²) in [7, 11) is 0. The van der Waals surface area contributed by atoms with Crippen LogP contribution in [0.5, 0.6) is 0 Å². The minimum Gasteiger partial charge on any atom is -0.350 e. The Morgan fingerprint density at radius 2 is 1.81 bits per heavy atom. The lowest BCUT2D eigenvalue weighted by molar-refractivity contribution is 0.0937. The van der Waals surface area contributed by atoms with E-state index in [2.05, 4.69) is 51.6 Å². The topological polar surface area (TPSA) is 63.1 Å². The molecule has 0 bridgehead atoms. The van der Waals surface area contributed by atoms with Gasteiger partial charge < -0.3 is 9.88 Å². The van der Waals surface area contributed by atoms with E-state index in [4.69, 9.17) is 0 Å². The van der Waals surface area contributed by atoms with Gasteiger partial charge in [0.05, 0.1) is 0 Å². The van der Waals surface area contributed by atoms with E-state index in [0.717, 1.165) is 44.8 Å². The smallest absolute Gasteiger partial charge is 0.289 e. The normalized spacial score (nSPS) is 22.1. The molecule has 1 amide bonds. The molecule has 138 valence electrons. The van der Waals surface area contributed by atoms with Gasteiger partial charge in [-0.25, -0.2) is 0 Å². The molecule has 2 atom stereocenters. The Kier molecular flexibility index (Phi) is 4.76. The first-order valence-electron chi connectivity index (χ1n) is 9.68. The number of aromatic nitrogens is 3. The summed E-state index contributed by atoms with van der Waals surface area (Å²) >= 11 is 0. The molecule has 2 aromatic rings. The minimum absolute atomic E-state index is 0.115. The molecular weight excluding hydrogens is 326 g/mol. The van der Waals surface area contributed by atoms with Crippen molar-refractivity contribution in [2.45, 2.75) is 39.8 Å². The van der Waals surface area contributed by atoms with Crippen molar-refractivity contribution in [2.75, 3.05) is 19.6 Å². The van der Waals surface area contributed by atoms with Crippen LogP contribution in [-0.2, 0) is 25.9 Å². The predicted octanol–water partition coefficient (Wildman–Crippen LogP) is 1.89. The summed E-state index contributed by atoms with van der Waals surface area (Å²) in [6.07, 6.45) is 2.00. The molecule has 4 rings (SSSR count). The molecule has 3 heterocycles. The molecule has 0 saturated carbocycles. The van der Waals surface area contributed by atoms with Crippen LogP contribution in [0.3, 0.4) is 0 Å². The number of fused-ring (bicyclic) bond motifs is 2. The Hall–Kier alpha value is -2.21. The molecule has 6 heteroatoms. The SMILES string of the molecule is CCNC(=O)c1nnc2n1CC1CN(Cc3ccc(CC)cc3)CC1C2. The fraction of sp³-hybridized carbons (Fsp3) is 0.550. The van der Waals surface area contributed by atoms with E-state index >= 15 is 0 Å². The van der Waals surface area contributed by atoms with Crippen molar-refractivity contribution in [3.8, 4) is 0 Å². The van der Waals surface area contributed by atoms with Gasteiger partial charge in [-0.05, 0) is 36.3 Å². The zero-order valence-corrected chi connectivity index (χ0v) is 15.6. The maximum absolute atomic E-state index is 12.2. The first kappa shape index (κ1) is 17.2. The van der Waals surface area contributed by atoms with Gasteiger partial charge in [0.25, 0.3) is 5.91 Å². The van der Waals surface area contributed by atoms with Gasteiger partial charge in [0, 0.05) is 39.1 Å². The Morgan fingerprint density at radius 1 is 1.08 bits per heavy atom. The summed E-state index contributed by atoms with van der Waals surface area (Å²) in [5.74, 6) is 2.50. The van der Waals surface area contributed by atoms with Crippen molar-refractivity contribution in [1.82, 2.24) is 25.0 Å². The second-order valence-electron chi connectivity index (χ2n) is 7.50. The molecule has 0 spiro atoms. The molecule has 6 nitrogen and oxygen atoms in total. The number of aryl methyl sites for hydroxylation is 1. The number of benzene rings is 1. The van der Waals surface area contributed by atoms with Crippen molar-refractivity contribution in [3.63, 3.8) is 0 Å². The van der Waals surface area contributed by atoms with E-state index < -0.39 is 0 Å². The summed E-state index contributed by atoms with van der Waals surface area (Å²) in [5, 5.41) is 11.3. The van der Waals surface area contributed by atoms with E-state index in [0.29, 0.717) is 24.2 Å². The Labute approximate surface area is 154 Å². The maximum Gasteiger partial charge on any atom is 0.289 e. The monoisotopic (exact) mass is 353 g/mol. The van der Waals surface area contributed by atoms with Crippen molar-refractivity contribution >= 4 is 5.91 Å². The van der Waals surface area contributed by atoms with Crippen LogP contribution in [0.15, 0.2) is 24.3 Å². The molecule has 2 aliphatic heterocycles. The van der Waals surface area contributed by atoms with E-state index in [1.165, 1.54) is 11.1 Å². The second kappa shape index (κ2) is 7.19. The van der Waals surface area contributed by atoms with Gasteiger partial charge in [-0.1, -0.05) is 31.2 Å². The van der Waals surface area contributed by atoms with Gasteiger partial charge in [0.2, 0.25) is 5.82 Å². The van der Waals surface area contributed by atoms with Gasteiger partial charge in [-0.3, -0.25) is 9.69 Å². The van der Waals surface area contributed by atoms with Crippen LogP contribution in [0.4, 0.5) is 0 Å². The highest BCUT2D eigenvalue weighted by Crippen LogP contribution is 2.33. The number of rotatable bonds is 5. The molecule has 1 aromatic heterocycles. The van der Waals surface area contributed by atoms with E-state index in [-0.39, 0.29) is 5.91 Å². The third kappa shape index (κ3) is 3.26. The number of hydrogen-bond acceptors (Lipinski definition) is 4. The van der Waals surface area contributed by atoms with Gasteiger partial charge in [-0.15, -0.1) is 10.2 Å². The molecule has 26 heavy (non-hydrogen) atoms. The van der Waals surface area contributed by atoms with Crippen molar-refractivity contribution in [3.05, 3.63) is 47.0 Å². The third-order valence-corrected chi connectivity index (χ3v) is 5.72. The number of carbonyl (C=O) groups is 1. The summed E-state index contributed by atoms with van der Waals surface area (Å²) in [5.41, 5.74) is 2.77. The fourth-order valence-corrected chi connectivity index (χ4v) is 4.30. The predicted molar refractivity (Wildman–Crippen MR) is 99.8 cm³/mol. The summed E-state index contributed by atoms with van der Waals surface area (Å²) in [6.45, 7) is 8.75. The van der Waals surface area contributed by atoms with Crippen molar-refractivity contribution in [2.24, 2.45) is 11.8 Å². The molecule has 1 fully saturated rings. The number of carbonyl (C=O) groups excluding carboxylic acids is 1. The Bertz CT molecular complexity index is 782. The summed E-state index contributed by atoms with van der Waals surface area (Å²) < 4.78 is 2.03. The van der Waals surface area contributed by atoms with Crippen molar-refractivity contribution in [1.29, 1.82) is 0 Å². The highest BCUT2D eigenvalue weighted by atomic mass is 16.2. The highest BCUT2D eigenvalue weighted by molar-refractivity contribution is 5.90. The molecule has 0 aliphatic carbocycles. The fourth-order valence-electron chi connectivity index (χ4n) is 4.30. The zero-order valence-electron chi connectivity index (χ0n) is 15.6. The standard InChI is InChI=1S/C20H27N5O/c1-3-14-5-7-15(8-6-14)10-24-11-16-9-18-22-23-19(20(26)21-4-2)25(18)13-17(16)12-24/h5-8,16-17H,3-4,9-13H2,1-2H3,(H,21,26).